The predicted molar refractivity (Wildman–Crippen MR) is 88.6 cm³/mol. The lowest BCUT2D eigenvalue weighted by molar-refractivity contribution is -0.0440. The molecule has 0 bridgehead atoms. The fourth-order valence-corrected chi connectivity index (χ4v) is 4.31. The van der Waals surface area contributed by atoms with E-state index in [-0.39, 0.29) is 11.5 Å². The van der Waals surface area contributed by atoms with Crippen LogP contribution in [0.1, 0.15) is 70.5 Å². The molecule has 0 aromatic heterocycles. The topological polar surface area (TPSA) is 23.5 Å². The first-order chi connectivity index (χ1) is 10.2. The number of rotatable bonds is 5. The lowest BCUT2D eigenvalue weighted by Gasteiger charge is -2.46. The predicted octanol–water partition coefficient (Wildman–Crippen LogP) is 4.68. The highest BCUT2D eigenvalue weighted by atomic mass is 16.3. The molecule has 2 nitrogen and oxygen atoms in total. The Hall–Kier alpha value is -1.02. The van der Waals surface area contributed by atoms with Gasteiger partial charge in [0.25, 0.3) is 0 Å². The van der Waals surface area contributed by atoms with Crippen LogP contribution in [0.2, 0.25) is 0 Å². The lowest BCUT2D eigenvalue weighted by Crippen LogP contribution is -2.36. The largest absolute Gasteiger partial charge is 0.388 e. The summed E-state index contributed by atoms with van der Waals surface area (Å²) in [7, 11) is 0. The summed E-state index contributed by atoms with van der Waals surface area (Å²) < 4.78 is 0. The van der Waals surface area contributed by atoms with Gasteiger partial charge in [-0.3, -0.25) is 0 Å². The molecule has 1 N–H and O–H groups in total. The van der Waals surface area contributed by atoms with Crippen molar-refractivity contribution in [2.75, 3.05) is 11.4 Å². The molecule has 21 heavy (non-hydrogen) atoms. The van der Waals surface area contributed by atoms with Crippen molar-refractivity contribution in [2.24, 2.45) is 5.41 Å². The van der Waals surface area contributed by atoms with Gasteiger partial charge in [0.05, 0.1) is 6.10 Å². The van der Waals surface area contributed by atoms with Crippen LogP contribution in [0.4, 0.5) is 5.69 Å². The summed E-state index contributed by atoms with van der Waals surface area (Å²) >= 11 is 0. The number of hydrogen-bond acceptors (Lipinski definition) is 2. The van der Waals surface area contributed by atoms with Gasteiger partial charge in [0.2, 0.25) is 0 Å². The van der Waals surface area contributed by atoms with Crippen LogP contribution in [0.5, 0.6) is 0 Å². The number of aliphatic hydroxyl groups is 1. The van der Waals surface area contributed by atoms with Crippen LogP contribution in [0, 0.1) is 5.41 Å². The molecule has 116 valence electrons. The summed E-state index contributed by atoms with van der Waals surface area (Å²) in [5.74, 6) is 0. The molecule has 2 heteroatoms. The monoisotopic (exact) mass is 287 g/mol. The average Bonchev–Trinajstić information content (AvgIpc) is 2.88. The molecule has 0 radical (unpaired) electrons. The van der Waals surface area contributed by atoms with Crippen LogP contribution >= 0.6 is 0 Å². The number of benzene rings is 1. The van der Waals surface area contributed by atoms with Crippen LogP contribution in [-0.2, 0) is 0 Å². The fraction of sp³-hybridized carbons (Fsp3) is 0.684. The van der Waals surface area contributed by atoms with E-state index in [9.17, 15) is 5.11 Å². The van der Waals surface area contributed by atoms with Gasteiger partial charge in [-0.05, 0) is 56.7 Å². The molecule has 1 aromatic rings. The van der Waals surface area contributed by atoms with Gasteiger partial charge in [0.15, 0.2) is 0 Å². The minimum absolute atomic E-state index is 0.164. The van der Waals surface area contributed by atoms with Crippen molar-refractivity contribution in [2.45, 2.75) is 70.9 Å². The van der Waals surface area contributed by atoms with Crippen LogP contribution in [0.3, 0.4) is 0 Å². The van der Waals surface area contributed by atoms with Crippen molar-refractivity contribution in [1.29, 1.82) is 0 Å². The summed E-state index contributed by atoms with van der Waals surface area (Å²) in [4.78, 5) is 2.49. The van der Waals surface area contributed by atoms with E-state index >= 15 is 0 Å². The molecule has 1 saturated heterocycles. The Kier molecular flexibility index (Phi) is 4.26. The van der Waals surface area contributed by atoms with Crippen LogP contribution in [0.15, 0.2) is 24.3 Å². The third-order valence-electron chi connectivity index (χ3n) is 5.77. The van der Waals surface area contributed by atoms with E-state index in [4.69, 9.17) is 0 Å². The Labute approximate surface area is 129 Å². The van der Waals surface area contributed by atoms with Gasteiger partial charge in [0, 0.05) is 23.7 Å². The average molecular weight is 287 g/mol. The first-order valence-electron chi connectivity index (χ1n) is 8.71. The lowest BCUT2D eigenvalue weighted by atomic mass is 9.61. The Morgan fingerprint density at radius 3 is 2.43 bits per heavy atom. The van der Waals surface area contributed by atoms with Crippen molar-refractivity contribution in [3.8, 4) is 0 Å². The highest BCUT2D eigenvalue weighted by molar-refractivity contribution is 5.49. The Balaban J connectivity index is 1.74. The zero-order valence-electron chi connectivity index (χ0n) is 13.5. The number of anilines is 1. The molecule has 1 aromatic carbocycles. The number of hydrogen-bond donors (Lipinski definition) is 1. The molecule has 1 aliphatic carbocycles. The van der Waals surface area contributed by atoms with Crippen molar-refractivity contribution < 1.29 is 5.11 Å². The maximum Gasteiger partial charge on any atom is 0.0846 e. The Morgan fingerprint density at radius 1 is 1.24 bits per heavy atom. The smallest absolute Gasteiger partial charge is 0.0846 e. The minimum Gasteiger partial charge on any atom is -0.388 e. The second-order valence-corrected chi connectivity index (χ2v) is 7.14. The first kappa shape index (κ1) is 14.9. The maximum atomic E-state index is 10.8. The molecule has 2 fully saturated rings. The molecule has 3 rings (SSSR count). The van der Waals surface area contributed by atoms with E-state index in [1.807, 2.05) is 0 Å². The van der Waals surface area contributed by atoms with Gasteiger partial charge in [-0.25, -0.2) is 0 Å². The Bertz CT molecular complexity index is 463. The van der Waals surface area contributed by atoms with E-state index in [0.29, 0.717) is 6.04 Å². The first-order valence-corrected chi connectivity index (χ1v) is 8.71. The standard InChI is InChI=1S/C19H29NO/c1-3-11-19(12-5-13-19)18(21)16-7-9-17(10-8-16)20-14-4-6-15(20)2/h7-10,15,18,21H,3-6,11-14H2,1-2H3. The van der Waals surface area contributed by atoms with Gasteiger partial charge in [-0.1, -0.05) is 31.9 Å². The van der Waals surface area contributed by atoms with Gasteiger partial charge in [-0.2, -0.15) is 0 Å². The highest BCUT2D eigenvalue weighted by Crippen LogP contribution is 2.53. The maximum absolute atomic E-state index is 10.8. The zero-order valence-corrected chi connectivity index (χ0v) is 13.5. The van der Waals surface area contributed by atoms with Gasteiger partial charge in [0.1, 0.15) is 0 Å². The van der Waals surface area contributed by atoms with Crippen molar-refractivity contribution in [3.05, 3.63) is 29.8 Å². The SMILES string of the molecule is CCCC1(C(O)c2ccc(N3CCCC3C)cc2)CCC1. The summed E-state index contributed by atoms with van der Waals surface area (Å²) in [5, 5.41) is 10.8. The summed E-state index contributed by atoms with van der Waals surface area (Å²) in [6.45, 7) is 5.70. The summed E-state index contributed by atoms with van der Waals surface area (Å²) in [6, 6.07) is 9.37. The third-order valence-corrected chi connectivity index (χ3v) is 5.77. The molecular formula is C19H29NO. The molecule has 2 aliphatic rings. The van der Waals surface area contributed by atoms with E-state index in [1.54, 1.807) is 0 Å². The normalized spacial score (nSPS) is 25.7. The number of aliphatic hydroxyl groups excluding tert-OH is 1. The summed E-state index contributed by atoms with van der Waals surface area (Å²) in [6.07, 6.45) is 8.28. The minimum atomic E-state index is -0.281. The quantitative estimate of drug-likeness (QED) is 0.850. The fourth-order valence-electron chi connectivity index (χ4n) is 4.31. The van der Waals surface area contributed by atoms with Crippen molar-refractivity contribution in [3.63, 3.8) is 0 Å². The van der Waals surface area contributed by atoms with E-state index < -0.39 is 0 Å². The summed E-state index contributed by atoms with van der Waals surface area (Å²) in [5.41, 5.74) is 2.59. The van der Waals surface area contributed by atoms with E-state index in [0.717, 1.165) is 12.0 Å². The van der Waals surface area contributed by atoms with Gasteiger partial charge in [-0.15, -0.1) is 0 Å². The van der Waals surface area contributed by atoms with E-state index in [2.05, 4.69) is 43.0 Å². The van der Waals surface area contributed by atoms with Crippen LogP contribution in [-0.4, -0.2) is 17.7 Å². The molecule has 0 amide bonds. The molecular weight excluding hydrogens is 258 g/mol. The molecule has 1 heterocycles. The molecule has 2 unspecified atom stereocenters. The molecule has 1 aliphatic heterocycles. The van der Waals surface area contributed by atoms with Crippen molar-refractivity contribution >= 4 is 5.69 Å². The molecule has 1 saturated carbocycles. The van der Waals surface area contributed by atoms with Crippen LogP contribution < -0.4 is 4.90 Å². The third kappa shape index (κ3) is 2.70. The Morgan fingerprint density at radius 2 is 1.95 bits per heavy atom. The van der Waals surface area contributed by atoms with E-state index in [1.165, 1.54) is 50.8 Å². The van der Waals surface area contributed by atoms with Gasteiger partial charge < -0.3 is 10.0 Å². The second-order valence-electron chi connectivity index (χ2n) is 7.14. The zero-order chi connectivity index (χ0) is 14.9. The second kappa shape index (κ2) is 6.00. The molecule has 0 spiro atoms. The molecule has 2 atom stereocenters. The van der Waals surface area contributed by atoms with Crippen molar-refractivity contribution in [1.82, 2.24) is 0 Å². The number of nitrogens with zero attached hydrogens (tertiary/aromatic N) is 1. The van der Waals surface area contributed by atoms with Gasteiger partial charge >= 0.3 is 0 Å². The highest BCUT2D eigenvalue weighted by Gasteiger charge is 2.43. The van der Waals surface area contributed by atoms with Crippen LogP contribution in [0.25, 0.3) is 0 Å².